The molecule has 0 saturated carbocycles. The second-order valence-electron chi connectivity index (χ2n) is 5.69. The summed E-state index contributed by atoms with van der Waals surface area (Å²) < 4.78 is 0. The Morgan fingerprint density at radius 3 is 2.15 bits per heavy atom. The minimum Gasteiger partial charge on any atom is -0.294 e. The van der Waals surface area contributed by atoms with Gasteiger partial charge in [0.2, 0.25) is 0 Å². The maximum Gasteiger partial charge on any atom is 0.180 e. The molecule has 0 saturated heterocycles. The predicted octanol–water partition coefficient (Wildman–Crippen LogP) is 2.68. The first kappa shape index (κ1) is 14.4. The van der Waals surface area contributed by atoms with Gasteiger partial charge in [-0.05, 0) is 32.8 Å². The van der Waals surface area contributed by atoms with Gasteiger partial charge >= 0.3 is 0 Å². The Hall–Kier alpha value is -2.03. The molecule has 1 aromatic rings. The van der Waals surface area contributed by atoms with Crippen molar-refractivity contribution in [2.45, 2.75) is 33.6 Å². The highest BCUT2D eigenvalue weighted by Gasteiger charge is 2.47. The highest BCUT2D eigenvalue weighted by molar-refractivity contribution is 6.37. The fourth-order valence-electron chi connectivity index (χ4n) is 2.53. The van der Waals surface area contributed by atoms with Crippen molar-refractivity contribution in [3.05, 3.63) is 47.0 Å². The highest BCUT2D eigenvalue weighted by atomic mass is 16.2. The van der Waals surface area contributed by atoms with Gasteiger partial charge in [-0.2, -0.15) is 0 Å². The number of rotatable bonds is 4. The number of aryl methyl sites for hydroxylation is 1. The molecule has 0 amide bonds. The number of Topliss-reactive ketones (excluding diaryl/α,β-unsaturated/α-hetero) is 3. The molecule has 0 radical (unpaired) electrons. The van der Waals surface area contributed by atoms with Crippen LogP contribution in [0.25, 0.3) is 0 Å². The molecule has 0 unspecified atom stereocenters. The molecule has 3 heteroatoms. The number of hydrogen-bond donors (Lipinski definition) is 0. The lowest BCUT2D eigenvalue weighted by Crippen LogP contribution is -2.28. The van der Waals surface area contributed by atoms with Crippen molar-refractivity contribution in [3.63, 3.8) is 0 Å². The maximum absolute atomic E-state index is 12.2. The van der Waals surface area contributed by atoms with Gasteiger partial charge in [0.05, 0.1) is 11.0 Å². The topological polar surface area (TPSA) is 51.2 Å². The third-order valence-electron chi connectivity index (χ3n) is 3.84. The lowest BCUT2D eigenvalue weighted by Gasteiger charge is -2.13. The summed E-state index contributed by atoms with van der Waals surface area (Å²) in [5, 5.41) is 0. The molecule has 1 aliphatic carbocycles. The van der Waals surface area contributed by atoms with E-state index in [0.717, 1.165) is 5.56 Å². The van der Waals surface area contributed by atoms with Crippen molar-refractivity contribution in [1.29, 1.82) is 0 Å². The Bertz CT molecular complexity index is 606. The lowest BCUT2D eigenvalue weighted by molar-refractivity contribution is -0.132. The van der Waals surface area contributed by atoms with Crippen LogP contribution in [-0.4, -0.2) is 17.3 Å². The quantitative estimate of drug-likeness (QED) is 0.624. The van der Waals surface area contributed by atoms with Crippen LogP contribution in [0.5, 0.6) is 0 Å². The summed E-state index contributed by atoms with van der Waals surface area (Å²) in [7, 11) is 0. The fourth-order valence-corrected chi connectivity index (χ4v) is 2.53. The smallest absolute Gasteiger partial charge is 0.180 e. The third-order valence-corrected chi connectivity index (χ3v) is 3.84. The summed E-state index contributed by atoms with van der Waals surface area (Å²) in [5.41, 5.74) is 0.395. The Morgan fingerprint density at radius 2 is 1.65 bits per heavy atom. The first-order valence-corrected chi connectivity index (χ1v) is 6.73. The number of hydrogen-bond acceptors (Lipinski definition) is 3. The van der Waals surface area contributed by atoms with Crippen molar-refractivity contribution in [2.75, 3.05) is 0 Å². The summed E-state index contributed by atoms with van der Waals surface area (Å²) in [6.07, 6.45) is 0.837. The van der Waals surface area contributed by atoms with E-state index in [2.05, 4.69) is 0 Å². The van der Waals surface area contributed by atoms with Crippen LogP contribution in [0.2, 0.25) is 0 Å². The second-order valence-corrected chi connectivity index (χ2v) is 5.69. The van der Waals surface area contributed by atoms with E-state index in [-0.39, 0.29) is 29.3 Å². The Morgan fingerprint density at radius 1 is 1.05 bits per heavy atom. The van der Waals surface area contributed by atoms with Gasteiger partial charge in [-0.1, -0.05) is 30.3 Å². The average molecular weight is 270 g/mol. The van der Waals surface area contributed by atoms with Crippen LogP contribution in [0.4, 0.5) is 0 Å². The zero-order valence-corrected chi connectivity index (χ0v) is 12.0. The van der Waals surface area contributed by atoms with E-state index < -0.39 is 5.41 Å². The highest BCUT2D eigenvalue weighted by Crippen LogP contribution is 2.35. The van der Waals surface area contributed by atoms with E-state index >= 15 is 0 Å². The average Bonchev–Trinajstić information content (AvgIpc) is 2.59. The van der Waals surface area contributed by atoms with Crippen molar-refractivity contribution in [2.24, 2.45) is 5.41 Å². The lowest BCUT2D eigenvalue weighted by atomic mass is 9.86. The van der Waals surface area contributed by atoms with Crippen LogP contribution >= 0.6 is 0 Å². The molecular weight excluding hydrogens is 252 g/mol. The largest absolute Gasteiger partial charge is 0.294 e. The SMILES string of the molecule is CC1=C(C(=O)CCc2ccccc2)C(=O)C(C)(C)C1=O. The summed E-state index contributed by atoms with van der Waals surface area (Å²) >= 11 is 0. The molecule has 1 aromatic carbocycles. The van der Waals surface area contributed by atoms with E-state index in [1.165, 1.54) is 0 Å². The molecule has 3 nitrogen and oxygen atoms in total. The van der Waals surface area contributed by atoms with Crippen LogP contribution in [0, 0.1) is 5.41 Å². The Balaban J connectivity index is 2.14. The van der Waals surface area contributed by atoms with E-state index in [1.54, 1.807) is 20.8 Å². The van der Waals surface area contributed by atoms with E-state index in [9.17, 15) is 14.4 Å². The molecule has 2 rings (SSSR count). The molecule has 0 bridgehead atoms. The molecular formula is C17H18O3. The summed E-state index contributed by atoms with van der Waals surface area (Å²) in [6.45, 7) is 4.74. The van der Waals surface area contributed by atoms with Gasteiger partial charge in [0.25, 0.3) is 0 Å². The van der Waals surface area contributed by atoms with E-state index in [4.69, 9.17) is 0 Å². The molecule has 0 spiro atoms. The van der Waals surface area contributed by atoms with Crippen molar-refractivity contribution in [1.82, 2.24) is 0 Å². The van der Waals surface area contributed by atoms with Gasteiger partial charge in [0.1, 0.15) is 0 Å². The predicted molar refractivity (Wildman–Crippen MR) is 76.3 cm³/mol. The monoisotopic (exact) mass is 270 g/mol. The molecule has 104 valence electrons. The molecule has 0 aliphatic heterocycles. The number of carbonyl (C=O) groups is 3. The van der Waals surface area contributed by atoms with Crippen molar-refractivity contribution >= 4 is 17.3 Å². The van der Waals surface area contributed by atoms with Crippen molar-refractivity contribution in [3.8, 4) is 0 Å². The van der Waals surface area contributed by atoms with Crippen LogP contribution < -0.4 is 0 Å². The van der Waals surface area contributed by atoms with Gasteiger partial charge in [0, 0.05) is 12.0 Å². The molecule has 0 atom stereocenters. The molecule has 0 N–H and O–H groups in total. The number of allylic oxidation sites excluding steroid dienone is 2. The summed E-state index contributed by atoms with van der Waals surface area (Å²) in [4.78, 5) is 36.4. The molecule has 20 heavy (non-hydrogen) atoms. The minimum absolute atomic E-state index is 0.107. The molecule has 0 aromatic heterocycles. The molecule has 0 fully saturated rings. The fraction of sp³-hybridized carbons (Fsp3) is 0.353. The Labute approximate surface area is 118 Å². The first-order chi connectivity index (χ1) is 9.35. The summed E-state index contributed by atoms with van der Waals surface area (Å²) in [6, 6.07) is 9.63. The van der Waals surface area contributed by atoms with Crippen LogP contribution in [0.15, 0.2) is 41.5 Å². The molecule has 1 aliphatic rings. The Kier molecular flexibility index (Phi) is 3.71. The van der Waals surface area contributed by atoms with Crippen LogP contribution in [0.1, 0.15) is 32.8 Å². The standard InChI is InChI=1S/C17H18O3/c1-11-14(16(20)17(2,3)15(11)19)13(18)10-9-12-7-5-4-6-8-12/h4-8H,9-10H2,1-3H3. The van der Waals surface area contributed by atoms with Crippen LogP contribution in [0.3, 0.4) is 0 Å². The number of carbonyl (C=O) groups excluding carboxylic acids is 3. The van der Waals surface area contributed by atoms with Gasteiger partial charge in [-0.25, -0.2) is 0 Å². The zero-order valence-electron chi connectivity index (χ0n) is 12.0. The third kappa shape index (κ3) is 2.36. The number of benzene rings is 1. The zero-order chi connectivity index (χ0) is 14.9. The maximum atomic E-state index is 12.2. The minimum atomic E-state index is -1.08. The normalized spacial score (nSPS) is 17.8. The number of ketones is 3. The summed E-state index contributed by atoms with van der Waals surface area (Å²) in [5.74, 6) is -0.793. The van der Waals surface area contributed by atoms with Gasteiger partial charge in [-0.15, -0.1) is 0 Å². The van der Waals surface area contributed by atoms with E-state index in [1.807, 2.05) is 30.3 Å². The van der Waals surface area contributed by atoms with E-state index in [0.29, 0.717) is 12.0 Å². The van der Waals surface area contributed by atoms with Gasteiger partial charge in [-0.3, -0.25) is 14.4 Å². The van der Waals surface area contributed by atoms with Crippen LogP contribution in [-0.2, 0) is 20.8 Å². The van der Waals surface area contributed by atoms with Crippen molar-refractivity contribution < 1.29 is 14.4 Å². The first-order valence-electron chi connectivity index (χ1n) is 6.73. The van der Waals surface area contributed by atoms with Gasteiger partial charge < -0.3 is 0 Å². The second kappa shape index (κ2) is 5.16. The van der Waals surface area contributed by atoms with Gasteiger partial charge in [0.15, 0.2) is 17.3 Å². The molecule has 0 heterocycles.